The van der Waals surface area contributed by atoms with Gasteiger partial charge in [-0.05, 0) is 12.8 Å². The molecule has 0 aliphatic carbocycles. The molecular formula is C12H24O5. The molecule has 5 nitrogen and oxygen atoms in total. The maximum atomic E-state index is 10.8. The van der Waals surface area contributed by atoms with Crippen molar-refractivity contribution in [3.05, 3.63) is 0 Å². The molecule has 0 bridgehead atoms. The average Bonchev–Trinajstić information content (AvgIpc) is 2.31. The molecule has 0 radical (unpaired) electrons. The molecule has 0 fully saturated rings. The summed E-state index contributed by atoms with van der Waals surface area (Å²) < 4.78 is 15.3. The summed E-state index contributed by atoms with van der Waals surface area (Å²) in [5.41, 5.74) is 0. The second-order valence-corrected chi connectivity index (χ2v) is 3.83. The predicted octanol–water partition coefficient (Wildman–Crippen LogP) is 1.56. The average molecular weight is 248 g/mol. The van der Waals surface area contributed by atoms with E-state index in [4.69, 9.17) is 19.3 Å². The SMILES string of the molecule is CCCC(CCOCCOCCOC)C(=O)O. The maximum Gasteiger partial charge on any atom is 0.306 e. The van der Waals surface area contributed by atoms with E-state index in [-0.39, 0.29) is 5.92 Å². The number of carbonyl (C=O) groups is 1. The van der Waals surface area contributed by atoms with Crippen molar-refractivity contribution in [1.82, 2.24) is 0 Å². The van der Waals surface area contributed by atoms with Crippen molar-refractivity contribution in [3.8, 4) is 0 Å². The van der Waals surface area contributed by atoms with Crippen molar-refractivity contribution in [2.24, 2.45) is 5.92 Å². The van der Waals surface area contributed by atoms with Gasteiger partial charge in [-0.1, -0.05) is 13.3 Å². The number of carboxylic acid groups (broad SMARTS) is 1. The summed E-state index contributed by atoms with van der Waals surface area (Å²) in [7, 11) is 1.62. The Labute approximate surface area is 103 Å². The van der Waals surface area contributed by atoms with Crippen LogP contribution < -0.4 is 0 Å². The van der Waals surface area contributed by atoms with Gasteiger partial charge >= 0.3 is 5.97 Å². The Kier molecular flexibility index (Phi) is 11.4. The molecule has 0 aromatic heterocycles. The quantitative estimate of drug-likeness (QED) is 0.531. The van der Waals surface area contributed by atoms with Crippen LogP contribution in [0.5, 0.6) is 0 Å². The first-order chi connectivity index (χ1) is 8.22. The molecule has 0 saturated carbocycles. The molecule has 0 rings (SSSR count). The fourth-order valence-electron chi connectivity index (χ4n) is 1.43. The van der Waals surface area contributed by atoms with Crippen LogP contribution in [-0.4, -0.2) is 51.2 Å². The lowest BCUT2D eigenvalue weighted by molar-refractivity contribution is -0.142. The van der Waals surface area contributed by atoms with Crippen LogP contribution in [0, 0.1) is 5.92 Å². The molecule has 0 saturated heterocycles. The van der Waals surface area contributed by atoms with Gasteiger partial charge < -0.3 is 19.3 Å². The third kappa shape index (κ3) is 10.2. The molecule has 0 amide bonds. The Bertz CT molecular complexity index is 184. The molecule has 1 N–H and O–H groups in total. The summed E-state index contributed by atoms with van der Waals surface area (Å²) in [6, 6.07) is 0. The van der Waals surface area contributed by atoms with Gasteiger partial charge in [-0.2, -0.15) is 0 Å². The monoisotopic (exact) mass is 248 g/mol. The van der Waals surface area contributed by atoms with E-state index in [2.05, 4.69) is 0 Å². The molecule has 0 heterocycles. The van der Waals surface area contributed by atoms with E-state index in [1.807, 2.05) is 6.92 Å². The number of aliphatic carboxylic acids is 1. The molecular weight excluding hydrogens is 224 g/mol. The van der Waals surface area contributed by atoms with E-state index in [1.54, 1.807) is 7.11 Å². The number of hydrogen-bond acceptors (Lipinski definition) is 4. The van der Waals surface area contributed by atoms with Gasteiger partial charge in [0.1, 0.15) is 0 Å². The van der Waals surface area contributed by atoms with Crippen LogP contribution in [0.1, 0.15) is 26.2 Å². The minimum atomic E-state index is -0.730. The Morgan fingerprint density at radius 1 is 1.06 bits per heavy atom. The Morgan fingerprint density at radius 3 is 2.18 bits per heavy atom. The van der Waals surface area contributed by atoms with Crippen LogP contribution in [0.15, 0.2) is 0 Å². The highest BCUT2D eigenvalue weighted by molar-refractivity contribution is 5.69. The maximum absolute atomic E-state index is 10.8. The number of carboxylic acids is 1. The standard InChI is InChI=1S/C12H24O5/c1-3-4-11(12(13)14)5-6-16-9-10-17-8-7-15-2/h11H,3-10H2,1-2H3,(H,13,14). The zero-order chi connectivity index (χ0) is 12.9. The van der Waals surface area contributed by atoms with E-state index in [9.17, 15) is 4.79 Å². The highest BCUT2D eigenvalue weighted by Gasteiger charge is 2.15. The second kappa shape index (κ2) is 11.8. The first-order valence-corrected chi connectivity index (χ1v) is 6.09. The molecule has 0 aliphatic rings. The van der Waals surface area contributed by atoms with E-state index < -0.39 is 5.97 Å². The Morgan fingerprint density at radius 2 is 1.65 bits per heavy atom. The fourth-order valence-corrected chi connectivity index (χ4v) is 1.43. The van der Waals surface area contributed by atoms with Gasteiger partial charge in [0.2, 0.25) is 0 Å². The smallest absolute Gasteiger partial charge is 0.306 e. The molecule has 102 valence electrons. The predicted molar refractivity (Wildman–Crippen MR) is 64.2 cm³/mol. The summed E-state index contributed by atoms with van der Waals surface area (Å²) in [6.07, 6.45) is 2.17. The van der Waals surface area contributed by atoms with Crippen molar-refractivity contribution in [3.63, 3.8) is 0 Å². The third-order valence-corrected chi connectivity index (χ3v) is 2.40. The van der Waals surface area contributed by atoms with Gasteiger partial charge in [-0.25, -0.2) is 0 Å². The van der Waals surface area contributed by atoms with Crippen molar-refractivity contribution in [1.29, 1.82) is 0 Å². The van der Waals surface area contributed by atoms with Gasteiger partial charge in [0, 0.05) is 13.7 Å². The molecule has 1 unspecified atom stereocenters. The van der Waals surface area contributed by atoms with E-state index in [0.717, 1.165) is 6.42 Å². The van der Waals surface area contributed by atoms with Crippen molar-refractivity contribution < 1.29 is 24.1 Å². The van der Waals surface area contributed by atoms with Crippen molar-refractivity contribution in [2.45, 2.75) is 26.2 Å². The molecule has 0 aromatic rings. The van der Waals surface area contributed by atoms with Gasteiger partial charge in [-0.15, -0.1) is 0 Å². The highest BCUT2D eigenvalue weighted by atomic mass is 16.5. The first-order valence-electron chi connectivity index (χ1n) is 6.09. The molecule has 5 heteroatoms. The third-order valence-electron chi connectivity index (χ3n) is 2.40. The molecule has 0 spiro atoms. The van der Waals surface area contributed by atoms with Gasteiger partial charge in [0.05, 0.1) is 32.3 Å². The number of ether oxygens (including phenoxy) is 3. The van der Waals surface area contributed by atoms with Crippen molar-refractivity contribution in [2.75, 3.05) is 40.1 Å². The molecule has 1 atom stereocenters. The zero-order valence-corrected chi connectivity index (χ0v) is 10.8. The van der Waals surface area contributed by atoms with Crippen LogP contribution in [-0.2, 0) is 19.0 Å². The summed E-state index contributed by atoms with van der Waals surface area (Å²) in [6.45, 7) is 4.63. The molecule has 0 aromatic carbocycles. The van der Waals surface area contributed by atoms with Gasteiger partial charge in [0.25, 0.3) is 0 Å². The Hall–Kier alpha value is -0.650. The highest BCUT2D eigenvalue weighted by Crippen LogP contribution is 2.11. The lowest BCUT2D eigenvalue weighted by atomic mass is 10.0. The summed E-state index contributed by atoms with van der Waals surface area (Å²) in [5, 5.41) is 8.91. The first kappa shape index (κ1) is 16.4. The number of rotatable bonds is 12. The van der Waals surface area contributed by atoms with E-state index in [1.165, 1.54) is 0 Å². The summed E-state index contributed by atoms with van der Waals surface area (Å²) in [5.74, 6) is -1.01. The lowest BCUT2D eigenvalue weighted by Crippen LogP contribution is -2.17. The topological polar surface area (TPSA) is 65.0 Å². The van der Waals surface area contributed by atoms with E-state index >= 15 is 0 Å². The van der Waals surface area contributed by atoms with Crippen LogP contribution in [0.25, 0.3) is 0 Å². The lowest BCUT2D eigenvalue weighted by Gasteiger charge is -2.11. The van der Waals surface area contributed by atoms with Crippen LogP contribution >= 0.6 is 0 Å². The number of hydrogen-bond donors (Lipinski definition) is 1. The largest absolute Gasteiger partial charge is 0.481 e. The summed E-state index contributed by atoms with van der Waals surface area (Å²) in [4.78, 5) is 10.8. The summed E-state index contributed by atoms with van der Waals surface area (Å²) >= 11 is 0. The van der Waals surface area contributed by atoms with Gasteiger partial charge in [-0.3, -0.25) is 4.79 Å². The normalized spacial score (nSPS) is 12.6. The van der Waals surface area contributed by atoms with Gasteiger partial charge in [0.15, 0.2) is 0 Å². The zero-order valence-electron chi connectivity index (χ0n) is 10.8. The minimum absolute atomic E-state index is 0.283. The van der Waals surface area contributed by atoms with Crippen LogP contribution in [0.4, 0.5) is 0 Å². The fraction of sp³-hybridized carbons (Fsp3) is 0.917. The van der Waals surface area contributed by atoms with Crippen LogP contribution in [0.3, 0.4) is 0 Å². The molecule has 17 heavy (non-hydrogen) atoms. The van der Waals surface area contributed by atoms with Crippen molar-refractivity contribution >= 4 is 5.97 Å². The van der Waals surface area contributed by atoms with Crippen LogP contribution in [0.2, 0.25) is 0 Å². The molecule has 0 aliphatic heterocycles. The number of methoxy groups -OCH3 is 1. The van der Waals surface area contributed by atoms with E-state index in [0.29, 0.717) is 45.9 Å². The minimum Gasteiger partial charge on any atom is -0.481 e. The second-order valence-electron chi connectivity index (χ2n) is 3.83. The Balaban J connectivity index is 3.33.